The smallest absolute Gasteiger partial charge is 0.240 e. The molecule has 0 heterocycles. The molecule has 2 aromatic rings. The zero-order valence-electron chi connectivity index (χ0n) is 15.4. The highest BCUT2D eigenvalue weighted by molar-refractivity contribution is 7.89. The van der Waals surface area contributed by atoms with E-state index < -0.39 is 15.8 Å². The number of Topliss-reactive ketones (excluding diaryl/α,β-unsaturated/α-hetero) is 1. The van der Waals surface area contributed by atoms with Gasteiger partial charge in [0.1, 0.15) is 5.82 Å². The van der Waals surface area contributed by atoms with Gasteiger partial charge in [-0.15, -0.1) is 0 Å². The van der Waals surface area contributed by atoms with Gasteiger partial charge >= 0.3 is 0 Å². The van der Waals surface area contributed by atoms with Crippen LogP contribution in [0.2, 0.25) is 5.02 Å². The number of carbonyl (C=O) groups excluding carboxylic acids is 2. The molecule has 1 N–H and O–H groups in total. The van der Waals surface area contributed by atoms with Crippen molar-refractivity contribution in [3.63, 3.8) is 0 Å². The van der Waals surface area contributed by atoms with Crippen molar-refractivity contribution in [1.82, 2.24) is 9.62 Å². The SMILES string of the molecule is CC(=O)c1cccc(S(=O)(=O)NCCC(=O)N(C)Cc2c(F)cccc2Cl)c1. The fraction of sp³-hybridized carbons (Fsp3) is 0.263. The Balaban J connectivity index is 1.95. The van der Waals surface area contributed by atoms with Crippen molar-refractivity contribution in [1.29, 1.82) is 0 Å². The molecule has 0 bridgehead atoms. The fourth-order valence-corrected chi connectivity index (χ4v) is 3.76. The summed E-state index contributed by atoms with van der Waals surface area (Å²) < 4.78 is 40.8. The van der Waals surface area contributed by atoms with E-state index in [0.717, 1.165) is 0 Å². The zero-order valence-corrected chi connectivity index (χ0v) is 17.0. The van der Waals surface area contributed by atoms with Gasteiger partial charge in [-0.25, -0.2) is 17.5 Å². The average molecular weight is 427 g/mol. The lowest BCUT2D eigenvalue weighted by Gasteiger charge is -2.18. The van der Waals surface area contributed by atoms with Crippen LogP contribution in [0.3, 0.4) is 0 Å². The van der Waals surface area contributed by atoms with E-state index in [2.05, 4.69) is 4.72 Å². The molecule has 0 radical (unpaired) electrons. The Labute approximate surface area is 168 Å². The van der Waals surface area contributed by atoms with Crippen LogP contribution in [0.1, 0.15) is 29.3 Å². The maximum atomic E-state index is 13.8. The topological polar surface area (TPSA) is 83.5 Å². The van der Waals surface area contributed by atoms with Gasteiger partial charge in [0.15, 0.2) is 5.78 Å². The molecule has 1 amide bonds. The number of hydrogen-bond donors (Lipinski definition) is 1. The van der Waals surface area contributed by atoms with Gasteiger partial charge in [-0.3, -0.25) is 9.59 Å². The van der Waals surface area contributed by atoms with Gasteiger partial charge in [-0.2, -0.15) is 0 Å². The summed E-state index contributed by atoms with van der Waals surface area (Å²) >= 11 is 5.95. The second kappa shape index (κ2) is 9.27. The van der Waals surface area contributed by atoms with Gasteiger partial charge in [-0.1, -0.05) is 29.8 Å². The molecule has 150 valence electrons. The Kier molecular flexibility index (Phi) is 7.29. The molecule has 0 saturated heterocycles. The second-order valence-corrected chi connectivity index (χ2v) is 8.36. The summed E-state index contributed by atoms with van der Waals surface area (Å²) in [5.74, 6) is -1.14. The van der Waals surface area contributed by atoms with Crippen LogP contribution < -0.4 is 4.72 Å². The Morgan fingerprint density at radius 3 is 2.50 bits per heavy atom. The lowest BCUT2D eigenvalue weighted by atomic mass is 10.2. The van der Waals surface area contributed by atoms with Gasteiger partial charge in [0, 0.05) is 42.7 Å². The highest BCUT2D eigenvalue weighted by Gasteiger charge is 2.18. The van der Waals surface area contributed by atoms with E-state index in [1.807, 2.05) is 0 Å². The van der Waals surface area contributed by atoms with E-state index in [9.17, 15) is 22.4 Å². The Hall–Kier alpha value is -2.29. The molecule has 0 fully saturated rings. The van der Waals surface area contributed by atoms with Crippen molar-refractivity contribution in [2.24, 2.45) is 0 Å². The number of nitrogens with one attached hydrogen (secondary N) is 1. The summed E-state index contributed by atoms with van der Waals surface area (Å²) in [6.07, 6.45) is -0.117. The maximum absolute atomic E-state index is 13.8. The normalized spacial score (nSPS) is 11.3. The van der Waals surface area contributed by atoms with E-state index in [1.54, 1.807) is 0 Å². The quantitative estimate of drug-likeness (QED) is 0.658. The fourth-order valence-electron chi connectivity index (χ4n) is 2.46. The van der Waals surface area contributed by atoms with Crippen LogP contribution in [0.5, 0.6) is 0 Å². The number of hydrogen-bond acceptors (Lipinski definition) is 4. The van der Waals surface area contributed by atoms with E-state index in [0.29, 0.717) is 0 Å². The van der Waals surface area contributed by atoms with Crippen molar-refractivity contribution >= 4 is 33.3 Å². The number of nitrogens with zero attached hydrogens (tertiary/aromatic N) is 1. The molecule has 0 aliphatic rings. The number of carbonyl (C=O) groups is 2. The lowest BCUT2D eigenvalue weighted by molar-refractivity contribution is -0.130. The van der Waals surface area contributed by atoms with Crippen LogP contribution in [0.25, 0.3) is 0 Å². The minimum absolute atomic E-state index is 0.0300. The first-order valence-electron chi connectivity index (χ1n) is 8.39. The van der Waals surface area contributed by atoms with Crippen molar-refractivity contribution in [3.8, 4) is 0 Å². The van der Waals surface area contributed by atoms with Crippen molar-refractivity contribution < 1.29 is 22.4 Å². The van der Waals surface area contributed by atoms with Crippen molar-refractivity contribution in [2.75, 3.05) is 13.6 Å². The molecular weight excluding hydrogens is 407 g/mol. The molecular formula is C19H20ClFN2O4S. The molecule has 0 aliphatic carbocycles. The van der Waals surface area contributed by atoms with Gasteiger partial charge in [0.05, 0.1) is 4.90 Å². The van der Waals surface area contributed by atoms with Crippen LogP contribution in [0.15, 0.2) is 47.4 Å². The number of benzene rings is 2. The predicted molar refractivity (Wildman–Crippen MR) is 104 cm³/mol. The van der Waals surface area contributed by atoms with Gasteiger partial charge in [-0.05, 0) is 31.2 Å². The van der Waals surface area contributed by atoms with Crippen molar-refractivity contribution in [3.05, 3.63) is 64.4 Å². The summed E-state index contributed by atoms with van der Waals surface area (Å²) in [5, 5.41) is 0.214. The maximum Gasteiger partial charge on any atom is 0.240 e. The number of amides is 1. The summed E-state index contributed by atoms with van der Waals surface area (Å²) in [7, 11) is -2.38. The number of ketones is 1. The lowest BCUT2D eigenvalue weighted by Crippen LogP contribution is -2.32. The number of halogens is 2. The third-order valence-corrected chi connectivity index (χ3v) is 5.88. The molecule has 0 saturated carbocycles. The minimum Gasteiger partial charge on any atom is -0.341 e. The largest absolute Gasteiger partial charge is 0.341 e. The van der Waals surface area contributed by atoms with E-state index in [-0.39, 0.29) is 52.2 Å². The first-order valence-corrected chi connectivity index (χ1v) is 10.3. The first kappa shape index (κ1) is 22.0. The molecule has 6 nitrogen and oxygen atoms in total. The summed E-state index contributed by atoms with van der Waals surface area (Å²) in [6.45, 7) is 1.17. The predicted octanol–water partition coefficient (Wildman–Crippen LogP) is 3.01. The van der Waals surface area contributed by atoms with Gasteiger partial charge in [0.25, 0.3) is 0 Å². The summed E-state index contributed by atoms with van der Waals surface area (Å²) in [4.78, 5) is 24.8. The van der Waals surface area contributed by atoms with E-state index in [4.69, 9.17) is 11.6 Å². The third-order valence-electron chi connectivity index (χ3n) is 4.06. The Morgan fingerprint density at radius 2 is 1.86 bits per heavy atom. The molecule has 2 rings (SSSR count). The monoisotopic (exact) mass is 426 g/mol. The molecule has 0 atom stereocenters. The van der Waals surface area contributed by atoms with Crippen LogP contribution in [-0.2, 0) is 21.4 Å². The van der Waals surface area contributed by atoms with Crippen LogP contribution >= 0.6 is 11.6 Å². The molecule has 0 unspecified atom stereocenters. The van der Waals surface area contributed by atoms with Gasteiger partial charge in [0.2, 0.25) is 15.9 Å². The second-order valence-electron chi connectivity index (χ2n) is 6.18. The van der Waals surface area contributed by atoms with Crippen LogP contribution in [0.4, 0.5) is 4.39 Å². The third kappa shape index (κ3) is 5.60. The van der Waals surface area contributed by atoms with Crippen LogP contribution in [-0.4, -0.2) is 38.6 Å². The van der Waals surface area contributed by atoms with Crippen molar-refractivity contribution in [2.45, 2.75) is 24.8 Å². The molecule has 2 aromatic carbocycles. The molecule has 28 heavy (non-hydrogen) atoms. The molecule has 0 aliphatic heterocycles. The van der Waals surface area contributed by atoms with E-state index >= 15 is 0 Å². The standard InChI is InChI=1S/C19H20ClFN2O4S/c1-13(24)14-5-3-6-15(11-14)28(26,27)22-10-9-19(25)23(2)12-16-17(20)7-4-8-18(16)21/h3-8,11,22H,9-10,12H2,1-2H3. The zero-order chi connectivity index (χ0) is 20.9. The molecule has 0 aromatic heterocycles. The summed E-state index contributed by atoms with van der Waals surface area (Å²) in [5.41, 5.74) is 0.474. The Morgan fingerprint density at radius 1 is 1.18 bits per heavy atom. The molecule has 0 spiro atoms. The summed E-state index contributed by atoms with van der Waals surface area (Å²) in [6, 6.07) is 9.89. The van der Waals surface area contributed by atoms with Gasteiger partial charge < -0.3 is 4.90 Å². The number of sulfonamides is 1. The highest BCUT2D eigenvalue weighted by atomic mass is 35.5. The molecule has 9 heteroatoms. The first-order chi connectivity index (χ1) is 13.1. The highest BCUT2D eigenvalue weighted by Crippen LogP contribution is 2.20. The van der Waals surface area contributed by atoms with E-state index in [1.165, 1.54) is 61.3 Å². The Bertz CT molecular complexity index is 975. The number of rotatable bonds is 8. The van der Waals surface area contributed by atoms with Crippen LogP contribution in [0, 0.1) is 5.82 Å². The average Bonchev–Trinajstić information content (AvgIpc) is 2.64. The minimum atomic E-state index is -3.86.